The van der Waals surface area contributed by atoms with Crippen LogP contribution in [0.3, 0.4) is 0 Å². The molecule has 0 saturated heterocycles. The average Bonchev–Trinajstić information content (AvgIpc) is 2.01. The number of ether oxygens (including phenoxy) is 1. The molecule has 0 radical (unpaired) electrons. The standard InChI is InChI=1S/C7H9NO3/c1-2-3-7(10)11-6(4-8)5-9/h5-6H,2-3H2,1H3. The van der Waals surface area contributed by atoms with Gasteiger partial charge in [0, 0.05) is 6.42 Å². The van der Waals surface area contributed by atoms with Gasteiger partial charge in [0.05, 0.1) is 0 Å². The van der Waals surface area contributed by atoms with Gasteiger partial charge in [0.25, 0.3) is 0 Å². The zero-order valence-electron chi connectivity index (χ0n) is 6.24. The van der Waals surface area contributed by atoms with Crippen molar-refractivity contribution >= 4 is 12.3 Å². The minimum Gasteiger partial charge on any atom is -0.439 e. The Morgan fingerprint density at radius 3 is 2.82 bits per heavy atom. The van der Waals surface area contributed by atoms with Crippen molar-refractivity contribution in [2.45, 2.75) is 25.9 Å². The van der Waals surface area contributed by atoms with Crippen LogP contribution < -0.4 is 0 Å². The first kappa shape index (κ1) is 9.63. The average molecular weight is 155 g/mol. The molecule has 0 aliphatic heterocycles. The highest BCUT2D eigenvalue weighted by Crippen LogP contribution is 1.94. The topological polar surface area (TPSA) is 67.2 Å². The molecule has 0 spiro atoms. The second-order valence-corrected chi connectivity index (χ2v) is 1.93. The van der Waals surface area contributed by atoms with Crippen LogP contribution in [0.25, 0.3) is 0 Å². The number of esters is 1. The number of hydrogen-bond acceptors (Lipinski definition) is 4. The third kappa shape index (κ3) is 4.09. The lowest BCUT2D eigenvalue weighted by Gasteiger charge is -2.02. The smallest absolute Gasteiger partial charge is 0.307 e. The summed E-state index contributed by atoms with van der Waals surface area (Å²) in [6.45, 7) is 1.81. The van der Waals surface area contributed by atoms with Crippen LogP contribution in [0.4, 0.5) is 0 Å². The van der Waals surface area contributed by atoms with Gasteiger partial charge in [0.2, 0.25) is 6.10 Å². The summed E-state index contributed by atoms with van der Waals surface area (Å²) < 4.78 is 4.42. The molecule has 60 valence electrons. The number of carbonyl (C=O) groups is 2. The van der Waals surface area contributed by atoms with Crippen LogP contribution in [0.5, 0.6) is 0 Å². The van der Waals surface area contributed by atoms with Crippen molar-refractivity contribution in [1.82, 2.24) is 0 Å². The van der Waals surface area contributed by atoms with Crippen LogP contribution in [0.15, 0.2) is 0 Å². The minimum atomic E-state index is -1.24. The summed E-state index contributed by atoms with van der Waals surface area (Å²) in [5.41, 5.74) is 0. The van der Waals surface area contributed by atoms with Crippen molar-refractivity contribution in [3.05, 3.63) is 0 Å². The molecular weight excluding hydrogens is 146 g/mol. The van der Waals surface area contributed by atoms with Crippen LogP contribution in [0.1, 0.15) is 19.8 Å². The van der Waals surface area contributed by atoms with Crippen LogP contribution in [-0.4, -0.2) is 18.4 Å². The molecule has 11 heavy (non-hydrogen) atoms. The molecule has 0 N–H and O–H groups in total. The molecule has 0 aromatic heterocycles. The molecule has 4 nitrogen and oxygen atoms in total. The Balaban J connectivity index is 3.74. The van der Waals surface area contributed by atoms with Gasteiger partial charge in [-0.25, -0.2) is 0 Å². The highest BCUT2D eigenvalue weighted by Gasteiger charge is 2.10. The molecule has 0 bridgehead atoms. The first-order valence-corrected chi connectivity index (χ1v) is 3.29. The molecule has 1 atom stereocenters. The van der Waals surface area contributed by atoms with E-state index in [1.165, 1.54) is 6.07 Å². The van der Waals surface area contributed by atoms with E-state index in [1.54, 1.807) is 0 Å². The summed E-state index contributed by atoms with van der Waals surface area (Å²) in [5, 5.41) is 8.18. The van der Waals surface area contributed by atoms with Crippen molar-refractivity contribution in [2.24, 2.45) is 0 Å². The molecule has 1 unspecified atom stereocenters. The van der Waals surface area contributed by atoms with E-state index in [0.717, 1.165) is 0 Å². The number of nitrogens with zero attached hydrogens (tertiary/aromatic N) is 1. The number of aldehydes is 1. The Kier molecular flexibility index (Phi) is 4.74. The Hall–Kier alpha value is -1.37. The molecule has 0 aliphatic carbocycles. The second kappa shape index (κ2) is 5.42. The van der Waals surface area contributed by atoms with Crippen molar-refractivity contribution in [2.75, 3.05) is 0 Å². The summed E-state index contributed by atoms with van der Waals surface area (Å²) in [6.07, 6.45) is -0.0517. The molecule has 0 saturated carbocycles. The second-order valence-electron chi connectivity index (χ2n) is 1.93. The molecular formula is C7H9NO3. The van der Waals surface area contributed by atoms with Crippen LogP contribution in [-0.2, 0) is 14.3 Å². The zero-order chi connectivity index (χ0) is 8.69. The van der Waals surface area contributed by atoms with Crippen molar-refractivity contribution < 1.29 is 14.3 Å². The molecule has 0 amide bonds. The zero-order valence-corrected chi connectivity index (χ0v) is 6.24. The van der Waals surface area contributed by atoms with E-state index in [-0.39, 0.29) is 6.42 Å². The monoisotopic (exact) mass is 155 g/mol. The maximum absolute atomic E-state index is 10.6. The van der Waals surface area contributed by atoms with E-state index < -0.39 is 12.1 Å². The van der Waals surface area contributed by atoms with Gasteiger partial charge in [0.15, 0.2) is 6.29 Å². The van der Waals surface area contributed by atoms with Crippen molar-refractivity contribution in [1.29, 1.82) is 5.26 Å². The quantitative estimate of drug-likeness (QED) is 0.436. The predicted octanol–water partition coefficient (Wildman–Crippen LogP) is 0.421. The van der Waals surface area contributed by atoms with Crippen molar-refractivity contribution in [3.8, 4) is 6.07 Å². The van der Waals surface area contributed by atoms with E-state index >= 15 is 0 Å². The number of nitriles is 1. The van der Waals surface area contributed by atoms with Gasteiger partial charge in [0.1, 0.15) is 6.07 Å². The number of hydrogen-bond donors (Lipinski definition) is 0. The third-order valence-electron chi connectivity index (χ3n) is 0.963. The van der Waals surface area contributed by atoms with Gasteiger partial charge >= 0.3 is 5.97 Å². The fraction of sp³-hybridized carbons (Fsp3) is 0.571. The summed E-state index contributed by atoms with van der Waals surface area (Å²) in [6, 6.07) is 1.53. The van der Waals surface area contributed by atoms with E-state index in [2.05, 4.69) is 4.74 Å². The first-order chi connectivity index (χ1) is 5.24. The fourth-order valence-electron chi connectivity index (χ4n) is 0.489. The number of carbonyl (C=O) groups excluding carboxylic acids is 2. The van der Waals surface area contributed by atoms with E-state index in [9.17, 15) is 9.59 Å². The molecule has 4 heteroatoms. The van der Waals surface area contributed by atoms with E-state index in [0.29, 0.717) is 12.7 Å². The Bertz CT molecular complexity index is 183. The Morgan fingerprint density at radius 1 is 1.82 bits per heavy atom. The maximum atomic E-state index is 10.6. The maximum Gasteiger partial charge on any atom is 0.307 e. The van der Waals surface area contributed by atoms with Gasteiger partial charge in [-0.3, -0.25) is 9.59 Å². The third-order valence-corrected chi connectivity index (χ3v) is 0.963. The molecule has 0 aliphatic rings. The van der Waals surface area contributed by atoms with Gasteiger partial charge in [-0.1, -0.05) is 6.92 Å². The largest absolute Gasteiger partial charge is 0.439 e. The molecule has 0 aromatic carbocycles. The van der Waals surface area contributed by atoms with E-state index in [4.69, 9.17) is 5.26 Å². The van der Waals surface area contributed by atoms with Crippen LogP contribution in [0.2, 0.25) is 0 Å². The lowest BCUT2D eigenvalue weighted by Crippen LogP contribution is -2.17. The Labute approximate surface area is 64.8 Å². The first-order valence-electron chi connectivity index (χ1n) is 3.29. The predicted molar refractivity (Wildman–Crippen MR) is 36.5 cm³/mol. The van der Waals surface area contributed by atoms with Gasteiger partial charge in [-0.15, -0.1) is 0 Å². The summed E-state index contributed by atoms with van der Waals surface area (Å²) in [4.78, 5) is 20.6. The summed E-state index contributed by atoms with van der Waals surface area (Å²) in [5.74, 6) is -0.508. The SMILES string of the molecule is CCCC(=O)OC(C#N)C=O. The number of rotatable bonds is 4. The highest BCUT2D eigenvalue weighted by atomic mass is 16.5. The van der Waals surface area contributed by atoms with Crippen LogP contribution in [0, 0.1) is 11.3 Å². The fourth-order valence-corrected chi connectivity index (χ4v) is 0.489. The molecule has 0 fully saturated rings. The molecule has 0 aromatic rings. The van der Waals surface area contributed by atoms with Crippen LogP contribution >= 0.6 is 0 Å². The minimum absolute atomic E-state index is 0.242. The Morgan fingerprint density at radius 2 is 2.45 bits per heavy atom. The van der Waals surface area contributed by atoms with Gasteiger partial charge in [-0.2, -0.15) is 5.26 Å². The van der Waals surface area contributed by atoms with Gasteiger partial charge in [-0.05, 0) is 6.42 Å². The lowest BCUT2D eigenvalue weighted by atomic mass is 10.3. The summed E-state index contributed by atoms with van der Waals surface area (Å²) in [7, 11) is 0. The molecule has 0 rings (SSSR count). The van der Waals surface area contributed by atoms with Gasteiger partial charge < -0.3 is 4.74 Å². The molecule has 0 heterocycles. The normalized spacial score (nSPS) is 11.3. The lowest BCUT2D eigenvalue weighted by molar-refractivity contribution is -0.149. The van der Waals surface area contributed by atoms with Crippen molar-refractivity contribution in [3.63, 3.8) is 0 Å². The highest BCUT2D eigenvalue weighted by molar-refractivity contribution is 5.73. The summed E-state index contributed by atoms with van der Waals surface area (Å²) >= 11 is 0. The van der Waals surface area contributed by atoms with E-state index in [1.807, 2.05) is 6.92 Å².